The average Bonchev–Trinajstić information content (AvgIpc) is 2.81. The zero-order chi connectivity index (χ0) is 24.7. The highest BCUT2D eigenvalue weighted by atomic mass is 35.5. The number of nitro benzene ring substituents is 1. The molecule has 0 atom stereocenters. The zero-order valence-electron chi connectivity index (χ0n) is 17.7. The normalized spacial score (nSPS) is 10.5. The average molecular weight is 480 g/mol. The number of hydrogen-bond donors (Lipinski definition) is 3. The standard InChI is InChI=1S/C23H18ClN5O5/c1-14-6-9-16(10-7-14)26-21(30)17-4-2-3-5-19(17)27-22(31)23(32)28-25-13-15-8-11-18(24)20(12-15)29(33)34/h2-13H,1H3,(H,26,30)(H,27,31)(H,28,32)/b25-13-. The Kier molecular flexibility index (Phi) is 7.67. The number of amides is 3. The van der Waals surface area contributed by atoms with Crippen LogP contribution in [-0.4, -0.2) is 28.9 Å². The molecular weight excluding hydrogens is 462 g/mol. The molecule has 3 aromatic carbocycles. The highest BCUT2D eigenvalue weighted by molar-refractivity contribution is 6.40. The van der Waals surface area contributed by atoms with Crippen LogP contribution in [0.15, 0.2) is 71.8 Å². The largest absolute Gasteiger partial charge is 0.329 e. The highest BCUT2D eigenvalue weighted by Gasteiger charge is 2.18. The molecule has 0 spiro atoms. The van der Waals surface area contributed by atoms with Gasteiger partial charge in [0.05, 0.1) is 22.4 Å². The fraction of sp³-hybridized carbons (Fsp3) is 0.0435. The monoisotopic (exact) mass is 479 g/mol. The molecule has 0 fully saturated rings. The maximum absolute atomic E-state index is 12.7. The summed E-state index contributed by atoms with van der Waals surface area (Å²) < 4.78 is 0. The maximum Gasteiger partial charge on any atom is 0.329 e. The van der Waals surface area contributed by atoms with Gasteiger partial charge in [0.25, 0.3) is 11.6 Å². The molecule has 11 heteroatoms. The van der Waals surface area contributed by atoms with Gasteiger partial charge in [0.2, 0.25) is 0 Å². The van der Waals surface area contributed by atoms with Crippen LogP contribution in [0.4, 0.5) is 17.1 Å². The van der Waals surface area contributed by atoms with Crippen molar-refractivity contribution in [1.29, 1.82) is 0 Å². The van der Waals surface area contributed by atoms with E-state index in [1.54, 1.807) is 24.3 Å². The summed E-state index contributed by atoms with van der Waals surface area (Å²) in [6.07, 6.45) is 1.12. The topological polar surface area (TPSA) is 143 Å². The van der Waals surface area contributed by atoms with Crippen molar-refractivity contribution >= 4 is 52.6 Å². The number of aryl methyl sites for hydroxylation is 1. The molecule has 0 saturated carbocycles. The second kappa shape index (κ2) is 10.8. The van der Waals surface area contributed by atoms with Crippen molar-refractivity contribution in [3.8, 4) is 0 Å². The van der Waals surface area contributed by atoms with Gasteiger partial charge in [-0.3, -0.25) is 24.5 Å². The molecule has 10 nitrogen and oxygen atoms in total. The van der Waals surface area contributed by atoms with Crippen LogP contribution < -0.4 is 16.1 Å². The molecule has 0 aliphatic rings. The van der Waals surface area contributed by atoms with Gasteiger partial charge in [-0.15, -0.1) is 0 Å². The number of hydrogen-bond acceptors (Lipinski definition) is 6. The first-order valence-electron chi connectivity index (χ1n) is 9.80. The number of nitrogens with zero attached hydrogens (tertiary/aromatic N) is 2. The van der Waals surface area contributed by atoms with Gasteiger partial charge in [0.15, 0.2) is 0 Å². The van der Waals surface area contributed by atoms with Gasteiger partial charge in [0.1, 0.15) is 5.02 Å². The zero-order valence-corrected chi connectivity index (χ0v) is 18.5. The number of benzene rings is 3. The third-order valence-corrected chi connectivity index (χ3v) is 4.80. The lowest BCUT2D eigenvalue weighted by Gasteiger charge is -2.11. The maximum atomic E-state index is 12.7. The lowest BCUT2D eigenvalue weighted by molar-refractivity contribution is -0.384. The molecule has 3 N–H and O–H groups in total. The number of anilines is 2. The number of carbonyl (C=O) groups excluding carboxylic acids is 3. The van der Waals surface area contributed by atoms with Crippen molar-refractivity contribution in [1.82, 2.24) is 5.43 Å². The Morgan fingerprint density at radius 3 is 2.38 bits per heavy atom. The van der Waals surface area contributed by atoms with E-state index in [1.165, 1.54) is 30.3 Å². The van der Waals surface area contributed by atoms with E-state index in [2.05, 4.69) is 15.7 Å². The van der Waals surface area contributed by atoms with E-state index in [0.717, 1.165) is 11.8 Å². The number of para-hydroxylation sites is 1. The van der Waals surface area contributed by atoms with Gasteiger partial charge in [-0.25, -0.2) is 5.43 Å². The van der Waals surface area contributed by atoms with Crippen LogP contribution in [-0.2, 0) is 9.59 Å². The summed E-state index contributed by atoms with van der Waals surface area (Å²) >= 11 is 5.74. The molecule has 0 aromatic heterocycles. The fourth-order valence-corrected chi connectivity index (χ4v) is 2.96. The van der Waals surface area contributed by atoms with Gasteiger partial charge in [-0.05, 0) is 37.3 Å². The molecule has 0 heterocycles. The number of halogens is 1. The van der Waals surface area contributed by atoms with E-state index in [9.17, 15) is 24.5 Å². The van der Waals surface area contributed by atoms with Crippen molar-refractivity contribution in [3.05, 3.63) is 98.6 Å². The minimum atomic E-state index is -1.10. The van der Waals surface area contributed by atoms with Crippen LogP contribution in [0.2, 0.25) is 5.02 Å². The summed E-state index contributed by atoms with van der Waals surface area (Å²) in [4.78, 5) is 47.3. The van der Waals surface area contributed by atoms with Crippen molar-refractivity contribution in [2.45, 2.75) is 6.92 Å². The minimum Gasteiger partial charge on any atom is -0.322 e. The molecule has 0 unspecified atom stereocenters. The summed E-state index contributed by atoms with van der Waals surface area (Å²) in [6, 6.07) is 17.3. The quantitative estimate of drug-likeness (QED) is 0.212. The van der Waals surface area contributed by atoms with Crippen molar-refractivity contribution in [2.24, 2.45) is 5.10 Å². The van der Waals surface area contributed by atoms with E-state index in [-0.39, 0.29) is 27.5 Å². The molecule has 0 radical (unpaired) electrons. The molecule has 3 aromatic rings. The van der Waals surface area contributed by atoms with Crippen LogP contribution in [0, 0.1) is 17.0 Å². The second-order valence-electron chi connectivity index (χ2n) is 6.99. The Morgan fingerprint density at radius 1 is 0.971 bits per heavy atom. The first kappa shape index (κ1) is 24.1. The van der Waals surface area contributed by atoms with Gasteiger partial charge in [0, 0.05) is 17.3 Å². The number of nitro groups is 1. The fourth-order valence-electron chi connectivity index (χ4n) is 2.77. The molecule has 172 valence electrons. The first-order chi connectivity index (χ1) is 16.2. The van der Waals surface area contributed by atoms with Crippen LogP contribution in [0.1, 0.15) is 21.5 Å². The van der Waals surface area contributed by atoms with Crippen molar-refractivity contribution in [2.75, 3.05) is 10.6 Å². The lowest BCUT2D eigenvalue weighted by atomic mass is 10.1. The molecule has 0 aliphatic carbocycles. The Bertz CT molecular complexity index is 1290. The molecule has 3 amide bonds. The lowest BCUT2D eigenvalue weighted by Crippen LogP contribution is -2.33. The van der Waals surface area contributed by atoms with Crippen LogP contribution >= 0.6 is 11.6 Å². The van der Waals surface area contributed by atoms with Crippen molar-refractivity contribution in [3.63, 3.8) is 0 Å². The predicted molar refractivity (Wildman–Crippen MR) is 128 cm³/mol. The van der Waals surface area contributed by atoms with Crippen LogP contribution in [0.3, 0.4) is 0 Å². The third kappa shape index (κ3) is 6.24. The van der Waals surface area contributed by atoms with Gasteiger partial charge in [-0.1, -0.05) is 47.5 Å². The summed E-state index contributed by atoms with van der Waals surface area (Å²) in [5.41, 5.74) is 3.88. The van der Waals surface area contributed by atoms with E-state index in [4.69, 9.17) is 11.6 Å². The van der Waals surface area contributed by atoms with Crippen molar-refractivity contribution < 1.29 is 19.3 Å². The molecular formula is C23H18ClN5O5. The summed E-state index contributed by atoms with van der Waals surface area (Å²) in [5, 5.41) is 19.6. The van der Waals surface area contributed by atoms with Gasteiger partial charge >= 0.3 is 11.8 Å². The molecule has 3 rings (SSSR count). The third-order valence-electron chi connectivity index (χ3n) is 4.48. The first-order valence-corrected chi connectivity index (χ1v) is 10.2. The Morgan fingerprint density at radius 2 is 1.68 bits per heavy atom. The van der Waals surface area contributed by atoms with E-state index < -0.39 is 22.6 Å². The smallest absolute Gasteiger partial charge is 0.322 e. The predicted octanol–water partition coefficient (Wildman–Crippen LogP) is 3.90. The summed E-state index contributed by atoms with van der Waals surface area (Å²) in [6.45, 7) is 1.92. The number of rotatable bonds is 6. The Hall–Kier alpha value is -4.57. The van der Waals surface area contributed by atoms with Crippen LogP contribution in [0.25, 0.3) is 0 Å². The molecule has 0 aliphatic heterocycles. The van der Waals surface area contributed by atoms with E-state index >= 15 is 0 Å². The Balaban J connectivity index is 1.64. The number of carbonyl (C=O) groups is 3. The molecule has 0 saturated heterocycles. The highest BCUT2D eigenvalue weighted by Crippen LogP contribution is 2.24. The van der Waals surface area contributed by atoms with Crippen LogP contribution in [0.5, 0.6) is 0 Å². The SMILES string of the molecule is Cc1ccc(NC(=O)c2ccccc2NC(=O)C(=O)N/N=C\c2ccc(Cl)c([N+](=O)[O-])c2)cc1. The number of hydrazone groups is 1. The summed E-state index contributed by atoms with van der Waals surface area (Å²) in [5.74, 6) is -2.63. The molecule has 0 bridgehead atoms. The second-order valence-corrected chi connectivity index (χ2v) is 7.39. The van der Waals surface area contributed by atoms with E-state index in [0.29, 0.717) is 5.69 Å². The van der Waals surface area contributed by atoms with Gasteiger partial charge in [-0.2, -0.15) is 5.10 Å². The Labute approximate surface area is 198 Å². The van der Waals surface area contributed by atoms with Gasteiger partial charge < -0.3 is 10.6 Å². The summed E-state index contributed by atoms with van der Waals surface area (Å²) in [7, 11) is 0. The minimum absolute atomic E-state index is 0.0457. The number of nitrogens with one attached hydrogen (secondary N) is 3. The molecule has 34 heavy (non-hydrogen) atoms. The van der Waals surface area contributed by atoms with E-state index in [1.807, 2.05) is 24.5 Å².